The Hall–Kier alpha value is -8.60. The van der Waals surface area contributed by atoms with E-state index in [1.54, 1.807) is 39.2 Å². The van der Waals surface area contributed by atoms with Crippen molar-refractivity contribution in [2.45, 2.75) is 207 Å². The first-order chi connectivity index (χ1) is 50.0. The number of nitrogens with one attached hydrogen (secondary N) is 6. The molecule has 21 N–H and O–H groups in total. The van der Waals surface area contributed by atoms with Gasteiger partial charge in [0.05, 0.1) is 36.7 Å². The number of aromatic nitrogens is 8. The van der Waals surface area contributed by atoms with E-state index in [-0.39, 0.29) is 111 Å². The summed E-state index contributed by atoms with van der Waals surface area (Å²) in [6.45, 7) is 16.7. The number of hydrogen-bond acceptors (Lipinski definition) is 30. The van der Waals surface area contributed by atoms with Gasteiger partial charge in [-0.25, -0.2) is 29.5 Å². The maximum absolute atomic E-state index is 14.3. The predicted molar refractivity (Wildman–Crippen MR) is 380 cm³/mol. The van der Waals surface area contributed by atoms with Gasteiger partial charge in [0.1, 0.15) is 48.7 Å². The molecule has 3 saturated heterocycles. The largest absolute Gasteiger partial charge is 2.00 e. The number of anilines is 2. The Bertz CT molecular complexity index is 4470. The summed E-state index contributed by atoms with van der Waals surface area (Å²) in [5.74, 6) is -8.04. The monoisotopic (exact) mass is 1570 g/mol. The Morgan fingerprint density at radius 3 is 2.04 bits per heavy atom. The van der Waals surface area contributed by atoms with Gasteiger partial charge in [-0.05, 0) is 114 Å². The van der Waals surface area contributed by atoms with Crippen molar-refractivity contribution >= 4 is 100 Å². The van der Waals surface area contributed by atoms with Crippen LogP contribution in [0.25, 0.3) is 22.3 Å². The van der Waals surface area contributed by atoms with Gasteiger partial charge in [-0.15, -0.1) is 0 Å². The minimum Gasteiger partial charge on any atom is -0.862 e. The molecular weight excluding hydrogens is 1470 g/mol. The minimum absolute atomic E-state index is 0. The first kappa shape index (κ1) is 83.4. The smallest absolute Gasteiger partial charge is 0.862 e. The van der Waals surface area contributed by atoms with Crippen LogP contribution < -0.4 is 59.2 Å². The molecule has 1 unspecified atom stereocenters. The standard InChI is InChI=1S/C58H85N16O14P.C10H13N5O3.Co/c1-26(87-89(84,85)88-47-34(23-75)86-53(46(47)83)74-25-69-52-45(74)51(65)67-24-68-52)22-66-42(82)16-17-55(6)32(18-39(62)79)50-58(9)57(8,21-41(64)81)31(12-15-38(61)78)44(73-58)28(3)49-56(7,20-40(63)80)29(10-13-36(59)76)33(70-49)19-35-54(4,5)30(11-14-37(60)77)43(71-35)27(2)48(55)72-50;1-4-6(16)7(17)10(18-4)15-3-14-5-8(11)12-2-13-9(5)15;/h19,24-26,29-32,34,46-47,50,53,75,83H,10-18,20-23H2,1-9H3,(H17,59,60,61,62,63,64,65,66,67,68,70,71,72,73,76,77,78,79,80,81,82,84,85);2-4,6-7,10,16-17H,1H3,(H2,11,12,13);/q;;+2/p-2/t26-,29-,30-,31-,32+,34-,46-,47-,50-,53+,55-,56+,57+,58+;4-,6-,7-,10-;/m11./s1. The number of ether oxygens (including phenoxy) is 2. The molecule has 108 heavy (non-hydrogen) atoms. The maximum atomic E-state index is 14.3. The van der Waals surface area contributed by atoms with Gasteiger partial charge in [-0.3, -0.25) is 47.8 Å². The Morgan fingerprint density at radius 2 is 1.44 bits per heavy atom. The molecule has 11 rings (SSSR count). The number of phosphoric ester groups is 1. The van der Waals surface area contributed by atoms with Gasteiger partial charge in [0.15, 0.2) is 23.5 Å². The average molecular weight is 1570 g/mol. The van der Waals surface area contributed by atoms with Gasteiger partial charge in [0, 0.05) is 112 Å². The Balaban J connectivity index is 0.000000612. The molecule has 4 amide bonds. The molecule has 40 heteroatoms. The number of allylic oxidation sites excluding steroid dienone is 6. The third kappa shape index (κ3) is 15.8. The summed E-state index contributed by atoms with van der Waals surface area (Å²) in [6, 6.07) is -1.08. The van der Waals surface area contributed by atoms with Gasteiger partial charge in [-0.2, -0.15) is 9.55 Å². The van der Waals surface area contributed by atoms with Crippen LogP contribution in [0.1, 0.15) is 152 Å². The van der Waals surface area contributed by atoms with E-state index in [9.17, 15) is 64.4 Å². The van der Waals surface area contributed by atoms with Gasteiger partial charge in [0.25, 0.3) is 5.65 Å². The summed E-state index contributed by atoms with van der Waals surface area (Å²) in [6.07, 6.45) is -4.76. The van der Waals surface area contributed by atoms with Crippen molar-refractivity contribution in [1.29, 1.82) is 16.2 Å². The number of carbonyl (C=O) groups is 4. The van der Waals surface area contributed by atoms with Crippen LogP contribution in [0.3, 0.4) is 0 Å². The molecule has 38 nitrogen and oxygen atoms in total. The van der Waals surface area contributed by atoms with E-state index in [2.05, 4.69) is 40.5 Å². The van der Waals surface area contributed by atoms with E-state index >= 15 is 0 Å². The normalized spacial score (nSPS) is 31.9. The molecule has 0 saturated carbocycles. The van der Waals surface area contributed by atoms with Crippen molar-refractivity contribution in [2.75, 3.05) is 24.6 Å². The molecule has 4 aromatic heterocycles. The number of carbonyl (C=O) groups excluding carboxylic acids is 4. The molecule has 7 aliphatic heterocycles. The minimum atomic E-state index is -5.11. The Morgan fingerprint density at radius 1 is 0.815 bits per heavy atom. The van der Waals surface area contributed by atoms with E-state index in [0.717, 1.165) is 0 Å². The molecule has 0 spiro atoms. The topological polar surface area (TPSA) is 644 Å². The number of aliphatic hydroxyl groups is 4. The number of H-pyrrole nitrogens is 1. The van der Waals surface area contributed by atoms with E-state index in [1.807, 2.05) is 33.8 Å². The molecule has 11 heterocycles. The van der Waals surface area contributed by atoms with Crippen molar-refractivity contribution in [3.8, 4) is 0 Å². The molecule has 0 aliphatic carbocycles. The first-order valence-corrected chi connectivity index (χ1v) is 36.6. The number of aliphatic imine (C=N–C) groups is 3. The van der Waals surface area contributed by atoms with Crippen molar-refractivity contribution in [1.82, 2.24) is 45.1 Å². The maximum Gasteiger partial charge on any atom is 2.00 e. The van der Waals surface area contributed by atoms with Crippen molar-refractivity contribution in [3.63, 3.8) is 0 Å². The van der Waals surface area contributed by atoms with Crippen LogP contribution in [-0.2, 0) is 59.0 Å². The summed E-state index contributed by atoms with van der Waals surface area (Å²) in [4.78, 5) is 106. The molecule has 1 radical (unpaired) electrons. The third-order valence-electron chi connectivity index (χ3n) is 22.9. The van der Waals surface area contributed by atoms with E-state index in [0.29, 0.717) is 62.2 Å². The number of hydrogen-bond donors (Lipinski definition) is 16. The zero-order chi connectivity index (χ0) is 78.7. The van der Waals surface area contributed by atoms with E-state index in [1.165, 1.54) is 36.8 Å². The number of aromatic amines is 1. The summed E-state index contributed by atoms with van der Waals surface area (Å²) in [5, 5.41) is 110. The quantitative estimate of drug-likeness (QED) is 0.0146. The van der Waals surface area contributed by atoms with E-state index in [4.69, 9.17) is 78.4 Å². The summed E-state index contributed by atoms with van der Waals surface area (Å²) in [7, 11) is -5.11. The number of phosphoric acid groups is 1. The van der Waals surface area contributed by atoms with Crippen LogP contribution in [0, 0.1) is 61.6 Å². The molecule has 4 aromatic rings. The predicted octanol–water partition coefficient (Wildman–Crippen LogP) is -1.06. The van der Waals surface area contributed by atoms with Crippen molar-refractivity contribution in [2.24, 2.45) is 77.5 Å². The Labute approximate surface area is 631 Å². The van der Waals surface area contributed by atoms with Crippen LogP contribution in [0.2, 0.25) is 0 Å². The van der Waals surface area contributed by atoms with Gasteiger partial charge >= 0.3 is 24.6 Å². The number of imidazole rings is 2. The number of primary amides is 3. The number of nitrogens with two attached hydrogens (primary N) is 5. The number of fused-ring (bicyclic) bond motifs is 8. The van der Waals surface area contributed by atoms with Crippen LogP contribution in [0.15, 0.2) is 74.6 Å². The second-order valence-electron chi connectivity index (χ2n) is 30.3. The summed E-state index contributed by atoms with van der Waals surface area (Å²) >= 11 is 0. The fraction of sp³-hybridized carbons (Fsp3) is 0.618. The van der Waals surface area contributed by atoms with Gasteiger partial charge < -0.3 is 106 Å². The van der Waals surface area contributed by atoms with Gasteiger partial charge in [-0.1, -0.05) is 34.6 Å². The second-order valence-corrected chi connectivity index (χ2v) is 31.7. The fourth-order valence-corrected chi connectivity index (χ4v) is 18.3. The first-order valence-electron chi connectivity index (χ1n) is 35.1. The molecule has 0 aromatic carbocycles. The molecule has 19 atom stereocenters. The molecule has 8 bridgehead atoms. The number of amides is 4. The average Bonchev–Trinajstić information content (AvgIpc) is 1.51. The van der Waals surface area contributed by atoms with Gasteiger partial charge in [0.2, 0.25) is 41.7 Å². The van der Waals surface area contributed by atoms with Crippen LogP contribution in [-0.4, -0.2) is 186 Å². The summed E-state index contributed by atoms with van der Waals surface area (Å²) in [5.41, 5.74) is 29.1. The molecule has 7 aliphatic rings. The zero-order valence-electron chi connectivity index (χ0n) is 61.4. The van der Waals surface area contributed by atoms with E-state index < -0.39 is 168 Å². The molecule has 3 fully saturated rings. The number of aliphatic hydroxyl groups excluding tert-OH is 4. The van der Waals surface area contributed by atoms with Crippen molar-refractivity contribution in [3.05, 3.63) is 59.6 Å². The number of nitrogens with zero attached hydrogens (tertiary/aromatic N) is 10. The van der Waals surface area contributed by atoms with Crippen LogP contribution in [0.4, 0.5) is 11.6 Å². The third-order valence-corrected chi connectivity index (χ3v) is 24.1. The summed E-state index contributed by atoms with van der Waals surface area (Å²) < 4.78 is 38.8. The number of nitrogen functional groups attached to an aromatic ring is 2. The van der Waals surface area contributed by atoms with Crippen molar-refractivity contribution < 1.29 is 104 Å². The Kier molecular flexibility index (Phi) is 24.5. The fourth-order valence-electron chi connectivity index (χ4n) is 17.2. The van der Waals surface area contributed by atoms with Crippen LogP contribution >= 0.6 is 7.82 Å². The molecule has 589 valence electrons. The van der Waals surface area contributed by atoms with Crippen LogP contribution in [0.5, 0.6) is 0 Å². The SMILES string of the molecule is CC1=C2N=C(C=C3NC(=C(C)C4=N[C@@](C)([C@@H]5N=C1[C@](C)(CCC(=O)NC[C@@H](C)OP(=O)(O)O[C@H]1[C@@H](O)[C@@H]([n+]6c[nH]c7ncnc(N)c76)O[C@@H]1CO)[C@H]5CC(N)=O)[C@@](C)(CC(N)=O)[C@@H]4CCC(=N)[O-])[C@@](C)(CC(N)=O)[C@@H]3CCC(=N)[O-])C(C)(C)[C@@H]2CCC(=N)[O-].C[C@H]1O[C@@H](n2cnc3c(N)ncnc32)[C@H](O)[C@@H]1O.[Co+2]. The molecular formula is C68H96CoN21O17P. The second kappa shape index (κ2) is 31.8. The number of rotatable bonds is 27. The zero-order valence-corrected chi connectivity index (χ0v) is 63.4.